The Morgan fingerprint density at radius 1 is 1.44 bits per heavy atom. The van der Waals surface area contributed by atoms with Gasteiger partial charge in [0.05, 0.1) is 17.5 Å². The molecular formula is C9H9N5O2. The molecule has 0 spiro atoms. The van der Waals surface area contributed by atoms with Crippen molar-refractivity contribution < 1.29 is 4.92 Å². The molecule has 0 aliphatic heterocycles. The molecule has 82 valence electrons. The topological polar surface area (TPSA) is 96.7 Å². The van der Waals surface area contributed by atoms with E-state index in [1.54, 1.807) is 12.4 Å². The third kappa shape index (κ3) is 2.32. The number of hydrogen-bond donors (Lipinski definition) is 2. The lowest BCUT2D eigenvalue weighted by Crippen LogP contribution is -2.03. The largest absolute Gasteiger partial charge is 0.363 e. The fourth-order valence-corrected chi connectivity index (χ4v) is 1.20. The van der Waals surface area contributed by atoms with Gasteiger partial charge in [0.25, 0.3) is 5.69 Å². The molecule has 0 unspecified atom stereocenters. The number of aromatic nitrogens is 3. The Balaban J connectivity index is 2.04. The molecule has 7 nitrogen and oxygen atoms in total. The van der Waals surface area contributed by atoms with Crippen LogP contribution < -0.4 is 5.32 Å². The third-order valence-electron chi connectivity index (χ3n) is 1.95. The van der Waals surface area contributed by atoms with Crippen LogP contribution in [-0.2, 0) is 6.54 Å². The minimum Gasteiger partial charge on any atom is -0.363 e. The van der Waals surface area contributed by atoms with E-state index in [-0.39, 0.29) is 5.69 Å². The monoisotopic (exact) mass is 219 g/mol. The minimum absolute atomic E-state index is 0.0111. The first kappa shape index (κ1) is 10.1. The second kappa shape index (κ2) is 4.39. The number of rotatable bonds is 4. The first-order valence-corrected chi connectivity index (χ1v) is 4.58. The highest BCUT2D eigenvalue weighted by Crippen LogP contribution is 2.14. The van der Waals surface area contributed by atoms with Gasteiger partial charge in [0.2, 0.25) is 0 Å². The molecule has 0 fully saturated rings. The Bertz CT molecular complexity index is 482. The highest BCUT2D eigenvalue weighted by Gasteiger charge is 2.06. The second-order valence-electron chi connectivity index (χ2n) is 3.05. The predicted molar refractivity (Wildman–Crippen MR) is 56.8 cm³/mol. The summed E-state index contributed by atoms with van der Waals surface area (Å²) in [7, 11) is 0. The Labute approximate surface area is 90.7 Å². The standard InChI is InChI=1S/C9H9N5O2/c15-14(16)7-1-2-10-8(5-7)13-6-9-11-3-4-12-9/h1-5H,6H2,(H,10,13)(H,11,12). The number of imidazole rings is 1. The number of nitro groups is 1. The summed E-state index contributed by atoms with van der Waals surface area (Å²) in [4.78, 5) is 20.9. The van der Waals surface area contributed by atoms with Crippen LogP contribution >= 0.6 is 0 Å². The maximum atomic E-state index is 10.5. The SMILES string of the molecule is O=[N+]([O-])c1ccnc(NCc2ncc[nH]2)c1. The fraction of sp³-hybridized carbons (Fsp3) is 0.111. The Kier molecular flexibility index (Phi) is 2.77. The van der Waals surface area contributed by atoms with E-state index in [2.05, 4.69) is 20.3 Å². The van der Waals surface area contributed by atoms with E-state index in [1.807, 2.05) is 0 Å². The lowest BCUT2D eigenvalue weighted by molar-refractivity contribution is -0.384. The molecular weight excluding hydrogens is 210 g/mol. The van der Waals surface area contributed by atoms with Crippen molar-refractivity contribution in [3.63, 3.8) is 0 Å². The van der Waals surface area contributed by atoms with Crippen molar-refractivity contribution in [1.82, 2.24) is 15.0 Å². The van der Waals surface area contributed by atoms with Crippen molar-refractivity contribution in [2.24, 2.45) is 0 Å². The van der Waals surface area contributed by atoms with E-state index >= 15 is 0 Å². The number of nitrogens with one attached hydrogen (secondary N) is 2. The van der Waals surface area contributed by atoms with Crippen LogP contribution in [0.2, 0.25) is 0 Å². The summed E-state index contributed by atoms with van der Waals surface area (Å²) in [5.41, 5.74) is 0.0111. The van der Waals surface area contributed by atoms with Gasteiger partial charge >= 0.3 is 0 Å². The van der Waals surface area contributed by atoms with Gasteiger partial charge in [-0.1, -0.05) is 0 Å². The molecule has 2 aromatic rings. The first-order valence-electron chi connectivity index (χ1n) is 4.58. The maximum absolute atomic E-state index is 10.5. The lowest BCUT2D eigenvalue weighted by Gasteiger charge is -2.02. The van der Waals surface area contributed by atoms with Crippen molar-refractivity contribution in [2.75, 3.05) is 5.32 Å². The molecule has 2 aromatic heterocycles. The summed E-state index contributed by atoms with van der Waals surface area (Å²) in [6.45, 7) is 0.446. The highest BCUT2D eigenvalue weighted by molar-refractivity contribution is 5.44. The van der Waals surface area contributed by atoms with Gasteiger partial charge in [-0.25, -0.2) is 9.97 Å². The highest BCUT2D eigenvalue weighted by atomic mass is 16.6. The zero-order chi connectivity index (χ0) is 11.4. The molecule has 2 heterocycles. The molecule has 0 aliphatic carbocycles. The molecule has 0 atom stereocenters. The number of nitrogens with zero attached hydrogens (tertiary/aromatic N) is 3. The van der Waals surface area contributed by atoms with E-state index in [4.69, 9.17) is 0 Å². The molecule has 16 heavy (non-hydrogen) atoms. The number of aromatic amines is 1. The summed E-state index contributed by atoms with van der Waals surface area (Å²) < 4.78 is 0. The summed E-state index contributed by atoms with van der Waals surface area (Å²) in [5.74, 6) is 1.19. The molecule has 0 bridgehead atoms. The third-order valence-corrected chi connectivity index (χ3v) is 1.95. The van der Waals surface area contributed by atoms with Crippen LogP contribution in [0.5, 0.6) is 0 Å². The van der Waals surface area contributed by atoms with Gasteiger partial charge in [0, 0.05) is 24.7 Å². The minimum atomic E-state index is -0.459. The van der Waals surface area contributed by atoms with Crippen molar-refractivity contribution in [2.45, 2.75) is 6.54 Å². The summed E-state index contributed by atoms with van der Waals surface area (Å²) in [5, 5.41) is 13.5. The van der Waals surface area contributed by atoms with Crippen LogP contribution in [0.15, 0.2) is 30.7 Å². The van der Waals surface area contributed by atoms with Crippen LogP contribution in [0, 0.1) is 10.1 Å². The van der Waals surface area contributed by atoms with Gasteiger partial charge in [-0.15, -0.1) is 0 Å². The van der Waals surface area contributed by atoms with Gasteiger partial charge in [-0.3, -0.25) is 10.1 Å². The Hall–Kier alpha value is -2.44. The first-order chi connectivity index (χ1) is 7.75. The van der Waals surface area contributed by atoms with Gasteiger partial charge in [-0.05, 0) is 0 Å². The molecule has 0 saturated heterocycles. The van der Waals surface area contributed by atoms with Gasteiger partial charge in [-0.2, -0.15) is 0 Å². The molecule has 0 amide bonds. The zero-order valence-electron chi connectivity index (χ0n) is 8.25. The molecule has 0 saturated carbocycles. The normalized spacial score (nSPS) is 10.0. The quantitative estimate of drug-likeness (QED) is 0.597. The van der Waals surface area contributed by atoms with Gasteiger partial charge in [0.1, 0.15) is 11.6 Å². The van der Waals surface area contributed by atoms with Crippen molar-refractivity contribution in [1.29, 1.82) is 0 Å². The predicted octanol–water partition coefficient (Wildman–Crippen LogP) is 1.32. The molecule has 7 heteroatoms. The maximum Gasteiger partial charge on any atom is 0.274 e. The van der Waals surface area contributed by atoms with Crippen LogP contribution in [0.4, 0.5) is 11.5 Å². The van der Waals surface area contributed by atoms with Crippen molar-refractivity contribution in [3.8, 4) is 0 Å². The van der Waals surface area contributed by atoms with E-state index in [0.717, 1.165) is 5.82 Å². The number of pyridine rings is 1. The van der Waals surface area contributed by atoms with Crippen molar-refractivity contribution in [3.05, 3.63) is 46.7 Å². The summed E-state index contributed by atoms with van der Waals surface area (Å²) in [6.07, 6.45) is 4.73. The average Bonchev–Trinajstić information content (AvgIpc) is 2.79. The smallest absolute Gasteiger partial charge is 0.274 e. The second-order valence-corrected chi connectivity index (χ2v) is 3.05. The van der Waals surface area contributed by atoms with Crippen molar-refractivity contribution >= 4 is 11.5 Å². The molecule has 0 aliphatic rings. The molecule has 0 radical (unpaired) electrons. The van der Waals surface area contributed by atoms with E-state index in [1.165, 1.54) is 18.3 Å². The Morgan fingerprint density at radius 2 is 2.31 bits per heavy atom. The van der Waals surface area contributed by atoms with E-state index in [9.17, 15) is 10.1 Å². The number of H-pyrrole nitrogens is 1. The fourth-order valence-electron chi connectivity index (χ4n) is 1.20. The van der Waals surface area contributed by atoms with E-state index in [0.29, 0.717) is 12.4 Å². The van der Waals surface area contributed by atoms with Gasteiger partial charge < -0.3 is 10.3 Å². The summed E-state index contributed by atoms with van der Waals surface area (Å²) >= 11 is 0. The van der Waals surface area contributed by atoms with Crippen LogP contribution in [-0.4, -0.2) is 19.9 Å². The Morgan fingerprint density at radius 3 is 3.00 bits per heavy atom. The van der Waals surface area contributed by atoms with Crippen LogP contribution in [0.3, 0.4) is 0 Å². The van der Waals surface area contributed by atoms with Crippen LogP contribution in [0.25, 0.3) is 0 Å². The lowest BCUT2D eigenvalue weighted by atomic mass is 10.4. The molecule has 2 rings (SSSR count). The van der Waals surface area contributed by atoms with E-state index < -0.39 is 4.92 Å². The van der Waals surface area contributed by atoms with Crippen LogP contribution in [0.1, 0.15) is 5.82 Å². The van der Waals surface area contributed by atoms with Gasteiger partial charge in [0.15, 0.2) is 0 Å². The number of hydrogen-bond acceptors (Lipinski definition) is 5. The molecule has 2 N–H and O–H groups in total. The number of anilines is 1. The average molecular weight is 219 g/mol. The zero-order valence-corrected chi connectivity index (χ0v) is 8.25. The summed E-state index contributed by atoms with van der Waals surface area (Å²) in [6, 6.07) is 2.72. The molecule has 0 aromatic carbocycles.